The third kappa shape index (κ3) is 5.46. The summed E-state index contributed by atoms with van der Waals surface area (Å²) in [5.41, 5.74) is 6.13. The highest BCUT2D eigenvalue weighted by Crippen LogP contribution is 2.27. The first-order valence-corrected chi connectivity index (χ1v) is 11.2. The maximum absolute atomic E-state index is 12.9. The summed E-state index contributed by atoms with van der Waals surface area (Å²) in [6.07, 6.45) is 3.06. The van der Waals surface area contributed by atoms with Crippen molar-refractivity contribution < 1.29 is 9.53 Å². The average Bonchev–Trinajstić information content (AvgIpc) is 2.74. The standard InChI is InChI=1S/C25H33N3O2/c1-19-5-3-6-21(13-19)15-22-14-20(2)26-24(16-22)23-7-4-8-28(17-23)25(29)18-27-9-11-30-12-10-27/h3,5-6,13-14,16,23H,4,7-12,15,17-18H2,1-2H3. The minimum atomic E-state index is 0.245. The summed E-state index contributed by atoms with van der Waals surface area (Å²) in [6, 6.07) is 13.2. The zero-order valence-corrected chi connectivity index (χ0v) is 18.3. The first-order valence-electron chi connectivity index (χ1n) is 11.2. The van der Waals surface area contributed by atoms with Crippen LogP contribution in [0.25, 0.3) is 0 Å². The van der Waals surface area contributed by atoms with Crippen molar-refractivity contribution in [2.45, 2.75) is 39.0 Å². The van der Waals surface area contributed by atoms with E-state index in [1.54, 1.807) is 0 Å². The van der Waals surface area contributed by atoms with Gasteiger partial charge in [-0.25, -0.2) is 0 Å². The van der Waals surface area contributed by atoms with Crippen LogP contribution in [-0.2, 0) is 16.0 Å². The van der Waals surface area contributed by atoms with Crippen molar-refractivity contribution in [1.29, 1.82) is 0 Å². The fourth-order valence-corrected chi connectivity index (χ4v) is 4.63. The molecule has 0 spiro atoms. The van der Waals surface area contributed by atoms with Gasteiger partial charge in [0.1, 0.15) is 0 Å². The predicted molar refractivity (Wildman–Crippen MR) is 119 cm³/mol. The lowest BCUT2D eigenvalue weighted by atomic mass is 9.92. The predicted octanol–water partition coefficient (Wildman–Crippen LogP) is 3.33. The second kappa shape index (κ2) is 9.71. The zero-order chi connectivity index (χ0) is 20.9. The molecule has 5 heteroatoms. The molecule has 0 radical (unpaired) electrons. The van der Waals surface area contributed by atoms with Crippen molar-refractivity contribution in [3.63, 3.8) is 0 Å². The lowest BCUT2D eigenvalue weighted by Crippen LogP contribution is -2.47. The Bertz CT molecular complexity index is 876. The molecule has 2 aromatic rings. The molecule has 2 saturated heterocycles. The van der Waals surface area contributed by atoms with Gasteiger partial charge in [0.2, 0.25) is 5.91 Å². The maximum atomic E-state index is 12.9. The number of carbonyl (C=O) groups excluding carboxylic acids is 1. The quantitative estimate of drug-likeness (QED) is 0.763. The summed E-state index contributed by atoms with van der Waals surface area (Å²) in [5.74, 6) is 0.567. The van der Waals surface area contributed by atoms with E-state index in [9.17, 15) is 4.79 Å². The van der Waals surface area contributed by atoms with Gasteiger partial charge < -0.3 is 9.64 Å². The van der Waals surface area contributed by atoms with E-state index in [0.717, 1.165) is 70.0 Å². The van der Waals surface area contributed by atoms with Crippen molar-refractivity contribution in [2.75, 3.05) is 45.9 Å². The maximum Gasteiger partial charge on any atom is 0.236 e. The van der Waals surface area contributed by atoms with Gasteiger partial charge in [0, 0.05) is 43.5 Å². The number of likely N-dealkylation sites (tertiary alicyclic amines) is 1. The van der Waals surface area contributed by atoms with Crippen LogP contribution in [0.1, 0.15) is 46.8 Å². The number of pyridine rings is 1. The van der Waals surface area contributed by atoms with Gasteiger partial charge >= 0.3 is 0 Å². The molecule has 1 atom stereocenters. The number of rotatable bonds is 5. The minimum Gasteiger partial charge on any atom is -0.379 e. The summed E-state index contributed by atoms with van der Waals surface area (Å²) >= 11 is 0. The molecule has 2 aliphatic rings. The van der Waals surface area contributed by atoms with Gasteiger partial charge in [0.05, 0.1) is 19.8 Å². The van der Waals surface area contributed by atoms with Gasteiger partial charge in [-0.2, -0.15) is 0 Å². The summed E-state index contributed by atoms with van der Waals surface area (Å²) < 4.78 is 5.40. The van der Waals surface area contributed by atoms with Gasteiger partial charge in [-0.15, -0.1) is 0 Å². The van der Waals surface area contributed by atoms with E-state index in [1.165, 1.54) is 16.7 Å². The molecule has 4 rings (SSSR count). The lowest BCUT2D eigenvalue weighted by Gasteiger charge is -2.35. The molecule has 0 saturated carbocycles. The number of aryl methyl sites for hydroxylation is 2. The molecule has 2 fully saturated rings. The van der Waals surface area contributed by atoms with Crippen LogP contribution in [0.3, 0.4) is 0 Å². The second-order valence-electron chi connectivity index (χ2n) is 8.77. The summed E-state index contributed by atoms with van der Waals surface area (Å²) in [6.45, 7) is 9.53. The van der Waals surface area contributed by atoms with E-state index < -0.39 is 0 Å². The molecule has 1 amide bonds. The highest BCUT2D eigenvalue weighted by atomic mass is 16.5. The molecule has 0 bridgehead atoms. The monoisotopic (exact) mass is 407 g/mol. The molecule has 5 nitrogen and oxygen atoms in total. The number of morpholine rings is 1. The summed E-state index contributed by atoms with van der Waals surface area (Å²) in [4.78, 5) is 22.0. The van der Waals surface area contributed by atoms with Crippen LogP contribution >= 0.6 is 0 Å². The number of nitrogens with zero attached hydrogens (tertiary/aromatic N) is 3. The Kier molecular flexibility index (Phi) is 6.80. The highest BCUT2D eigenvalue weighted by Gasteiger charge is 2.27. The van der Waals surface area contributed by atoms with Crippen molar-refractivity contribution in [3.8, 4) is 0 Å². The second-order valence-corrected chi connectivity index (χ2v) is 8.77. The van der Waals surface area contributed by atoms with Crippen molar-refractivity contribution in [2.24, 2.45) is 0 Å². The van der Waals surface area contributed by atoms with E-state index in [1.807, 2.05) is 4.90 Å². The number of amides is 1. The Labute approximate surface area is 180 Å². The summed E-state index contributed by atoms with van der Waals surface area (Å²) in [7, 11) is 0. The molecule has 0 N–H and O–H groups in total. The van der Waals surface area contributed by atoms with Gasteiger partial charge in [-0.3, -0.25) is 14.7 Å². The number of hydrogen-bond acceptors (Lipinski definition) is 4. The molecule has 30 heavy (non-hydrogen) atoms. The van der Waals surface area contributed by atoms with Crippen molar-refractivity contribution >= 4 is 5.91 Å². The van der Waals surface area contributed by atoms with Crippen LogP contribution in [0.5, 0.6) is 0 Å². The average molecular weight is 408 g/mol. The molecule has 3 heterocycles. The largest absolute Gasteiger partial charge is 0.379 e. The number of aromatic nitrogens is 1. The number of hydrogen-bond donors (Lipinski definition) is 0. The molecule has 2 aliphatic heterocycles. The van der Waals surface area contributed by atoms with Crippen LogP contribution < -0.4 is 0 Å². The Balaban J connectivity index is 1.43. The fraction of sp³-hybridized carbons (Fsp3) is 0.520. The topological polar surface area (TPSA) is 45.7 Å². The van der Waals surface area contributed by atoms with Crippen LogP contribution in [0, 0.1) is 13.8 Å². The molecule has 160 valence electrons. The Morgan fingerprint density at radius 2 is 1.93 bits per heavy atom. The van der Waals surface area contributed by atoms with E-state index >= 15 is 0 Å². The third-order valence-electron chi connectivity index (χ3n) is 6.18. The molecular weight excluding hydrogens is 374 g/mol. The molecule has 1 unspecified atom stereocenters. The first-order chi connectivity index (χ1) is 14.6. The first kappa shape index (κ1) is 21.0. The van der Waals surface area contributed by atoms with Gasteiger partial charge in [-0.1, -0.05) is 29.8 Å². The number of carbonyl (C=O) groups is 1. The summed E-state index contributed by atoms with van der Waals surface area (Å²) in [5, 5.41) is 0. The van der Waals surface area contributed by atoms with Gasteiger partial charge in [0.25, 0.3) is 0 Å². The lowest BCUT2D eigenvalue weighted by molar-refractivity contribution is -0.134. The number of benzene rings is 1. The molecule has 0 aliphatic carbocycles. The smallest absolute Gasteiger partial charge is 0.236 e. The van der Waals surface area contributed by atoms with Crippen LogP contribution in [-0.4, -0.2) is 66.6 Å². The number of piperidine rings is 1. The highest BCUT2D eigenvalue weighted by molar-refractivity contribution is 5.78. The van der Waals surface area contributed by atoms with Crippen LogP contribution in [0.2, 0.25) is 0 Å². The zero-order valence-electron chi connectivity index (χ0n) is 18.3. The Hall–Kier alpha value is -2.24. The number of ether oxygens (including phenoxy) is 1. The van der Waals surface area contributed by atoms with Crippen molar-refractivity contribution in [1.82, 2.24) is 14.8 Å². The molecule has 1 aromatic heterocycles. The van der Waals surface area contributed by atoms with E-state index in [-0.39, 0.29) is 5.91 Å². The van der Waals surface area contributed by atoms with Gasteiger partial charge in [0.15, 0.2) is 0 Å². The normalized spacial score (nSPS) is 20.3. The fourth-order valence-electron chi connectivity index (χ4n) is 4.63. The Morgan fingerprint density at radius 1 is 1.10 bits per heavy atom. The molecule has 1 aromatic carbocycles. The van der Waals surface area contributed by atoms with Crippen molar-refractivity contribution in [3.05, 3.63) is 64.5 Å². The van der Waals surface area contributed by atoms with E-state index in [4.69, 9.17) is 9.72 Å². The minimum absolute atomic E-state index is 0.245. The SMILES string of the molecule is Cc1cccc(Cc2cc(C)nc(C3CCCN(C(=O)CN4CCOCC4)C3)c2)c1. The van der Waals surface area contributed by atoms with Crippen LogP contribution in [0.15, 0.2) is 36.4 Å². The van der Waals surface area contributed by atoms with Crippen LogP contribution in [0.4, 0.5) is 0 Å². The van der Waals surface area contributed by atoms with E-state index in [0.29, 0.717) is 12.5 Å². The third-order valence-corrected chi connectivity index (χ3v) is 6.18. The van der Waals surface area contributed by atoms with E-state index in [2.05, 4.69) is 55.1 Å². The molecular formula is C25H33N3O2. The van der Waals surface area contributed by atoms with Gasteiger partial charge in [-0.05, 0) is 56.4 Å². The Morgan fingerprint density at radius 3 is 2.73 bits per heavy atom.